The van der Waals surface area contributed by atoms with E-state index < -0.39 is 0 Å². The summed E-state index contributed by atoms with van der Waals surface area (Å²) in [7, 11) is 3.10. The van der Waals surface area contributed by atoms with Crippen molar-refractivity contribution < 1.29 is 14.0 Å². The van der Waals surface area contributed by atoms with Crippen LogP contribution in [0.25, 0.3) is 0 Å². The molecule has 0 bridgehead atoms. The molecule has 2 amide bonds. The van der Waals surface area contributed by atoms with Crippen molar-refractivity contribution in [2.45, 2.75) is 19.4 Å². The highest BCUT2D eigenvalue weighted by Crippen LogP contribution is 2.23. The Kier molecular flexibility index (Phi) is 7.49. The maximum atomic E-state index is 13.7. The summed E-state index contributed by atoms with van der Waals surface area (Å²) in [5.74, 6) is -0.777. The molecular formula is C21H26FN3O2. The summed E-state index contributed by atoms with van der Waals surface area (Å²) in [5, 5.41) is 5.69. The van der Waals surface area contributed by atoms with Crippen LogP contribution in [0.1, 0.15) is 29.7 Å². The van der Waals surface area contributed by atoms with E-state index in [0.29, 0.717) is 0 Å². The van der Waals surface area contributed by atoms with Gasteiger partial charge in [-0.1, -0.05) is 43.3 Å². The molecule has 0 radical (unpaired) electrons. The van der Waals surface area contributed by atoms with Crippen molar-refractivity contribution in [2.75, 3.05) is 27.2 Å². The second-order valence-corrected chi connectivity index (χ2v) is 6.39. The first kappa shape index (κ1) is 20.6. The number of nitrogens with zero attached hydrogens (tertiary/aromatic N) is 1. The third-order valence-electron chi connectivity index (χ3n) is 4.45. The number of carbonyl (C=O) groups excluding carboxylic acids is 2. The van der Waals surface area contributed by atoms with Gasteiger partial charge in [-0.2, -0.15) is 0 Å². The normalized spacial score (nSPS) is 11.7. The molecule has 1 atom stereocenters. The SMILES string of the molecule is CCc1ccc([C@H](NCC(=O)N(C)CC(=O)NC)c2cccc(F)c2)cc1. The predicted molar refractivity (Wildman–Crippen MR) is 104 cm³/mol. The van der Waals surface area contributed by atoms with Gasteiger partial charge in [-0.15, -0.1) is 0 Å². The molecule has 0 spiro atoms. The van der Waals surface area contributed by atoms with Crippen molar-refractivity contribution in [3.05, 3.63) is 71.0 Å². The molecule has 144 valence electrons. The van der Waals surface area contributed by atoms with Gasteiger partial charge in [0.1, 0.15) is 5.82 Å². The molecule has 2 aromatic rings. The van der Waals surface area contributed by atoms with Crippen molar-refractivity contribution in [2.24, 2.45) is 0 Å². The first-order valence-corrected chi connectivity index (χ1v) is 8.96. The fourth-order valence-corrected chi connectivity index (χ4v) is 2.77. The molecule has 0 fully saturated rings. The third kappa shape index (κ3) is 5.89. The van der Waals surface area contributed by atoms with Gasteiger partial charge in [0.25, 0.3) is 0 Å². The molecule has 0 heterocycles. The van der Waals surface area contributed by atoms with Crippen LogP contribution >= 0.6 is 0 Å². The second-order valence-electron chi connectivity index (χ2n) is 6.39. The van der Waals surface area contributed by atoms with Gasteiger partial charge in [0.2, 0.25) is 11.8 Å². The molecule has 0 aliphatic rings. The minimum Gasteiger partial charge on any atom is -0.358 e. The van der Waals surface area contributed by atoms with Gasteiger partial charge < -0.3 is 10.2 Å². The lowest BCUT2D eigenvalue weighted by atomic mass is 9.97. The maximum absolute atomic E-state index is 13.7. The van der Waals surface area contributed by atoms with E-state index in [9.17, 15) is 14.0 Å². The first-order valence-electron chi connectivity index (χ1n) is 8.96. The summed E-state index contributed by atoms with van der Waals surface area (Å²) in [6.45, 7) is 2.11. The standard InChI is InChI=1S/C21H26FN3O2/c1-4-15-8-10-16(11-9-15)21(17-6-5-7-18(22)12-17)24-13-20(27)25(3)14-19(26)23-2/h5-12,21,24H,4,13-14H2,1-3H3,(H,23,26)/t21-/m0/s1. The molecule has 27 heavy (non-hydrogen) atoms. The van der Waals surface area contributed by atoms with Crippen LogP contribution in [0.5, 0.6) is 0 Å². The largest absolute Gasteiger partial charge is 0.358 e. The van der Waals surface area contributed by atoms with Crippen molar-refractivity contribution in [1.29, 1.82) is 0 Å². The fourth-order valence-electron chi connectivity index (χ4n) is 2.77. The number of amides is 2. The number of halogens is 1. The lowest BCUT2D eigenvalue weighted by molar-refractivity contribution is -0.133. The van der Waals surface area contributed by atoms with Crippen LogP contribution in [0.3, 0.4) is 0 Å². The van der Waals surface area contributed by atoms with Gasteiger partial charge in [-0.3, -0.25) is 14.9 Å². The molecule has 6 heteroatoms. The van der Waals surface area contributed by atoms with E-state index in [1.165, 1.54) is 29.6 Å². The molecule has 2 rings (SSSR count). The summed E-state index contributed by atoms with van der Waals surface area (Å²) in [6.07, 6.45) is 0.932. The maximum Gasteiger partial charge on any atom is 0.239 e. The molecular weight excluding hydrogens is 345 g/mol. The summed E-state index contributed by atoms with van der Waals surface area (Å²) in [5.41, 5.74) is 2.89. The lowest BCUT2D eigenvalue weighted by Gasteiger charge is -2.22. The molecule has 0 aliphatic carbocycles. The van der Waals surface area contributed by atoms with Gasteiger partial charge in [0.15, 0.2) is 0 Å². The van der Waals surface area contributed by atoms with Crippen LogP contribution < -0.4 is 10.6 Å². The number of benzene rings is 2. The fraction of sp³-hybridized carbons (Fsp3) is 0.333. The van der Waals surface area contributed by atoms with E-state index >= 15 is 0 Å². The van der Waals surface area contributed by atoms with Gasteiger partial charge in [0.05, 0.1) is 19.1 Å². The quantitative estimate of drug-likeness (QED) is 0.748. The average molecular weight is 371 g/mol. The van der Waals surface area contributed by atoms with Gasteiger partial charge >= 0.3 is 0 Å². The second kappa shape index (κ2) is 9.83. The van der Waals surface area contributed by atoms with Crippen molar-refractivity contribution in [1.82, 2.24) is 15.5 Å². The van der Waals surface area contributed by atoms with Crippen LogP contribution in [0, 0.1) is 5.82 Å². The minimum absolute atomic E-state index is 0.00710. The Balaban J connectivity index is 2.17. The van der Waals surface area contributed by atoms with Crippen molar-refractivity contribution in [3.63, 3.8) is 0 Å². The Labute approximate surface area is 159 Å². The van der Waals surface area contributed by atoms with E-state index in [-0.39, 0.29) is 36.8 Å². The topological polar surface area (TPSA) is 61.4 Å². The molecule has 0 aliphatic heterocycles. The zero-order chi connectivity index (χ0) is 19.8. The Hall–Kier alpha value is -2.73. The average Bonchev–Trinajstić information content (AvgIpc) is 2.68. The highest BCUT2D eigenvalue weighted by molar-refractivity contribution is 5.85. The molecule has 0 saturated carbocycles. The zero-order valence-electron chi connectivity index (χ0n) is 16.0. The van der Waals surface area contributed by atoms with Gasteiger partial charge in [-0.25, -0.2) is 4.39 Å². The van der Waals surface area contributed by atoms with Gasteiger partial charge in [-0.05, 0) is 35.2 Å². The summed E-state index contributed by atoms with van der Waals surface area (Å²) < 4.78 is 13.7. The number of likely N-dealkylation sites (N-methyl/N-ethyl adjacent to an activating group) is 2. The number of hydrogen-bond acceptors (Lipinski definition) is 3. The van der Waals surface area contributed by atoms with Crippen LogP contribution in [-0.2, 0) is 16.0 Å². The highest BCUT2D eigenvalue weighted by Gasteiger charge is 2.18. The van der Waals surface area contributed by atoms with E-state index in [4.69, 9.17) is 0 Å². The number of carbonyl (C=O) groups is 2. The summed E-state index contributed by atoms with van der Waals surface area (Å²) in [6, 6.07) is 14.0. The zero-order valence-corrected chi connectivity index (χ0v) is 16.0. The third-order valence-corrected chi connectivity index (χ3v) is 4.45. The lowest BCUT2D eigenvalue weighted by Crippen LogP contribution is -2.42. The Bertz CT molecular complexity index is 777. The molecule has 0 saturated heterocycles. The number of rotatable bonds is 8. The highest BCUT2D eigenvalue weighted by atomic mass is 19.1. The van der Waals surface area contributed by atoms with Crippen LogP contribution in [-0.4, -0.2) is 43.9 Å². The number of aryl methyl sites for hydroxylation is 1. The predicted octanol–water partition coefficient (Wildman–Crippen LogP) is 2.27. The van der Waals surface area contributed by atoms with Crippen LogP contribution in [0.4, 0.5) is 4.39 Å². The number of nitrogens with one attached hydrogen (secondary N) is 2. The van der Waals surface area contributed by atoms with E-state index in [0.717, 1.165) is 17.5 Å². The molecule has 2 N–H and O–H groups in total. The van der Waals surface area contributed by atoms with Gasteiger partial charge in [0, 0.05) is 14.1 Å². The monoisotopic (exact) mass is 371 g/mol. The van der Waals surface area contributed by atoms with Crippen LogP contribution in [0.15, 0.2) is 48.5 Å². The van der Waals surface area contributed by atoms with Crippen LogP contribution in [0.2, 0.25) is 0 Å². The number of hydrogen-bond donors (Lipinski definition) is 2. The van der Waals surface area contributed by atoms with Crippen molar-refractivity contribution >= 4 is 11.8 Å². The summed E-state index contributed by atoms with van der Waals surface area (Å²) in [4.78, 5) is 25.1. The molecule has 0 aromatic heterocycles. The minimum atomic E-state index is -0.330. The molecule has 0 unspecified atom stereocenters. The Morgan fingerprint density at radius 3 is 2.41 bits per heavy atom. The first-order chi connectivity index (χ1) is 12.9. The van der Waals surface area contributed by atoms with E-state index in [2.05, 4.69) is 17.6 Å². The smallest absolute Gasteiger partial charge is 0.239 e. The Morgan fingerprint density at radius 1 is 1.11 bits per heavy atom. The van der Waals surface area contributed by atoms with E-state index in [1.54, 1.807) is 13.1 Å². The van der Waals surface area contributed by atoms with Crippen molar-refractivity contribution in [3.8, 4) is 0 Å². The molecule has 5 nitrogen and oxygen atoms in total. The van der Waals surface area contributed by atoms with E-state index in [1.807, 2.05) is 30.3 Å². The molecule has 2 aromatic carbocycles. The summed E-state index contributed by atoms with van der Waals surface area (Å²) >= 11 is 0. The Morgan fingerprint density at radius 2 is 1.81 bits per heavy atom.